The van der Waals surface area contributed by atoms with E-state index < -0.39 is 29.2 Å². The largest absolute Gasteiger partial charge is 0.369 e. The summed E-state index contributed by atoms with van der Waals surface area (Å²) in [5.74, 6) is -3.97. The van der Waals surface area contributed by atoms with Crippen LogP contribution in [0.4, 0.5) is 13.2 Å². The molecule has 3 nitrogen and oxygen atoms in total. The molecule has 0 saturated carbocycles. The molecule has 0 aliphatic carbocycles. The highest BCUT2D eigenvalue weighted by Crippen LogP contribution is 2.38. The van der Waals surface area contributed by atoms with Crippen LogP contribution in [-0.2, 0) is 28.3 Å². The lowest BCUT2D eigenvalue weighted by atomic mass is 9.82. The highest BCUT2D eigenvalue weighted by atomic mass is 35.5. The van der Waals surface area contributed by atoms with E-state index in [9.17, 15) is 13.2 Å². The third kappa shape index (κ3) is 4.84. The molecule has 168 valence electrons. The van der Waals surface area contributed by atoms with Crippen LogP contribution in [0.3, 0.4) is 0 Å². The third-order valence-electron chi connectivity index (χ3n) is 5.75. The predicted octanol–water partition coefficient (Wildman–Crippen LogP) is 5.75. The molecule has 4 rings (SSSR count). The molecule has 0 radical (unpaired) electrons. The van der Waals surface area contributed by atoms with Gasteiger partial charge in [-0.1, -0.05) is 60.1 Å². The van der Waals surface area contributed by atoms with E-state index in [2.05, 4.69) is 5.32 Å². The Bertz CT molecular complexity index is 1050. The number of nitrogens with one attached hydrogen (secondary N) is 1. The van der Waals surface area contributed by atoms with Crippen LogP contribution >= 0.6 is 11.6 Å². The van der Waals surface area contributed by atoms with Crippen molar-refractivity contribution in [1.29, 1.82) is 0 Å². The van der Waals surface area contributed by atoms with Gasteiger partial charge in [0.2, 0.25) is 0 Å². The van der Waals surface area contributed by atoms with Crippen molar-refractivity contribution >= 4 is 11.6 Å². The normalized spacial score (nSPS) is 20.9. The number of benzene rings is 3. The van der Waals surface area contributed by atoms with E-state index in [1.165, 1.54) is 6.07 Å². The molecule has 0 unspecified atom stereocenters. The Morgan fingerprint density at radius 1 is 0.906 bits per heavy atom. The maximum Gasteiger partial charge on any atom is 0.194 e. The topological polar surface area (TPSA) is 30.5 Å². The standard InChI is InChI=1S/C25H23ClF3NO2/c26-20-9-7-19(8-10-20)25(32-15-17-4-2-1-3-5-17)12-13-30-14-22(25)31-16-18-6-11-21(27)24(29)23(18)28/h1-11,22,30H,12-16H2/t22-,25-/m1/s1. The van der Waals surface area contributed by atoms with Crippen LogP contribution < -0.4 is 5.32 Å². The molecule has 1 fully saturated rings. The zero-order valence-electron chi connectivity index (χ0n) is 17.3. The molecule has 0 amide bonds. The predicted molar refractivity (Wildman–Crippen MR) is 117 cm³/mol. The second-order valence-corrected chi connectivity index (χ2v) is 8.20. The van der Waals surface area contributed by atoms with E-state index in [4.69, 9.17) is 21.1 Å². The van der Waals surface area contributed by atoms with Gasteiger partial charge in [-0.05, 0) is 42.3 Å². The van der Waals surface area contributed by atoms with Gasteiger partial charge < -0.3 is 14.8 Å². The fourth-order valence-corrected chi connectivity index (χ4v) is 4.12. The number of rotatable bonds is 7. The molecule has 32 heavy (non-hydrogen) atoms. The Morgan fingerprint density at radius 3 is 2.41 bits per heavy atom. The molecular weight excluding hydrogens is 439 g/mol. The molecule has 3 aromatic rings. The van der Waals surface area contributed by atoms with Crippen LogP contribution in [0, 0.1) is 17.5 Å². The molecule has 0 bridgehead atoms. The van der Waals surface area contributed by atoms with Gasteiger partial charge >= 0.3 is 0 Å². The van der Waals surface area contributed by atoms with Crippen molar-refractivity contribution < 1.29 is 22.6 Å². The Balaban J connectivity index is 1.63. The second kappa shape index (κ2) is 10.0. The van der Waals surface area contributed by atoms with Gasteiger partial charge in [-0.2, -0.15) is 0 Å². The number of ether oxygens (including phenoxy) is 2. The first-order valence-electron chi connectivity index (χ1n) is 10.4. The minimum atomic E-state index is -1.50. The van der Waals surface area contributed by atoms with Crippen LogP contribution in [0.1, 0.15) is 23.1 Å². The van der Waals surface area contributed by atoms with E-state index in [0.29, 0.717) is 31.1 Å². The average Bonchev–Trinajstić information content (AvgIpc) is 2.82. The molecule has 0 aromatic heterocycles. The summed E-state index contributed by atoms with van der Waals surface area (Å²) in [5.41, 5.74) is 1.00. The van der Waals surface area contributed by atoms with Gasteiger partial charge in [0, 0.05) is 17.1 Å². The smallest absolute Gasteiger partial charge is 0.194 e. The third-order valence-corrected chi connectivity index (χ3v) is 6.00. The van der Waals surface area contributed by atoms with Crippen molar-refractivity contribution in [3.05, 3.63) is 106 Å². The Kier molecular flexibility index (Phi) is 7.16. The maximum atomic E-state index is 14.2. The van der Waals surface area contributed by atoms with Gasteiger partial charge in [0.15, 0.2) is 17.5 Å². The lowest BCUT2D eigenvalue weighted by molar-refractivity contribution is -0.176. The molecular formula is C25H23ClF3NO2. The average molecular weight is 462 g/mol. The van der Waals surface area contributed by atoms with E-state index in [0.717, 1.165) is 17.2 Å². The molecule has 1 N–H and O–H groups in total. The van der Waals surface area contributed by atoms with E-state index in [-0.39, 0.29) is 12.2 Å². The Hall–Kier alpha value is -2.38. The SMILES string of the molecule is Fc1ccc(CO[C@@H]2CNCC[C@@]2(OCc2ccccc2)c2ccc(Cl)cc2)c(F)c1F. The first-order valence-corrected chi connectivity index (χ1v) is 10.8. The number of halogens is 4. The summed E-state index contributed by atoms with van der Waals surface area (Å²) in [6.07, 6.45) is 0.0977. The minimum Gasteiger partial charge on any atom is -0.369 e. The molecule has 1 aliphatic heterocycles. The van der Waals surface area contributed by atoms with Crippen molar-refractivity contribution in [2.24, 2.45) is 0 Å². The van der Waals surface area contributed by atoms with E-state index in [1.807, 2.05) is 42.5 Å². The summed E-state index contributed by atoms with van der Waals surface area (Å²) < 4.78 is 53.8. The molecule has 3 aromatic carbocycles. The lowest BCUT2D eigenvalue weighted by Crippen LogP contribution is -2.54. The van der Waals surface area contributed by atoms with Crippen LogP contribution in [-0.4, -0.2) is 19.2 Å². The van der Waals surface area contributed by atoms with Gasteiger partial charge in [0.05, 0.1) is 13.2 Å². The van der Waals surface area contributed by atoms with Gasteiger partial charge in [-0.3, -0.25) is 0 Å². The molecule has 2 atom stereocenters. The van der Waals surface area contributed by atoms with Gasteiger partial charge in [-0.15, -0.1) is 0 Å². The van der Waals surface area contributed by atoms with Crippen LogP contribution in [0.15, 0.2) is 66.7 Å². The fraction of sp³-hybridized carbons (Fsp3) is 0.280. The van der Waals surface area contributed by atoms with Crippen LogP contribution in [0.25, 0.3) is 0 Å². The van der Waals surface area contributed by atoms with Gasteiger partial charge in [0.1, 0.15) is 11.7 Å². The highest BCUT2D eigenvalue weighted by molar-refractivity contribution is 6.30. The maximum absolute atomic E-state index is 14.2. The number of hydrogen-bond acceptors (Lipinski definition) is 3. The van der Waals surface area contributed by atoms with Gasteiger partial charge in [-0.25, -0.2) is 13.2 Å². The van der Waals surface area contributed by atoms with Gasteiger partial charge in [0.25, 0.3) is 0 Å². The minimum absolute atomic E-state index is 0.0532. The summed E-state index contributed by atoms with van der Waals surface area (Å²) in [6.45, 7) is 1.27. The summed E-state index contributed by atoms with van der Waals surface area (Å²) >= 11 is 6.10. The first kappa shape index (κ1) is 22.8. The zero-order chi connectivity index (χ0) is 22.6. The van der Waals surface area contributed by atoms with Crippen LogP contribution in [0.2, 0.25) is 5.02 Å². The first-order chi connectivity index (χ1) is 15.5. The Morgan fingerprint density at radius 2 is 1.66 bits per heavy atom. The summed E-state index contributed by atoms with van der Waals surface area (Å²) in [5, 5.41) is 3.88. The Labute approximate surface area is 190 Å². The van der Waals surface area contributed by atoms with E-state index in [1.54, 1.807) is 12.1 Å². The molecule has 0 spiro atoms. The molecule has 1 aliphatic rings. The van der Waals surface area contributed by atoms with Crippen molar-refractivity contribution in [1.82, 2.24) is 5.32 Å². The molecule has 1 heterocycles. The fourth-order valence-electron chi connectivity index (χ4n) is 3.99. The second-order valence-electron chi connectivity index (χ2n) is 7.76. The zero-order valence-corrected chi connectivity index (χ0v) is 18.0. The van der Waals surface area contributed by atoms with Crippen molar-refractivity contribution in [3.63, 3.8) is 0 Å². The summed E-state index contributed by atoms with van der Waals surface area (Å²) in [4.78, 5) is 0. The van der Waals surface area contributed by atoms with Crippen molar-refractivity contribution in [3.8, 4) is 0 Å². The number of hydrogen-bond donors (Lipinski definition) is 1. The van der Waals surface area contributed by atoms with E-state index >= 15 is 0 Å². The summed E-state index contributed by atoms with van der Waals surface area (Å²) in [6, 6.07) is 19.2. The highest BCUT2D eigenvalue weighted by Gasteiger charge is 2.44. The molecule has 1 saturated heterocycles. The summed E-state index contributed by atoms with van der Waals surface area (Å²) in [7, 11) is 0. The number of piperidine rings is 1. The quantitative estimate of drug-likeness (QED) is 0.454. The van der Waals surface area contributed by atoms with Crippen molar-refractivity contribution in [2.75, 3.05) is 13.1 Å². The monoisotopic (exact) mass is 461 g/mol. The lowest BCUT2D eigenvalue weighted by Gasteiger charge is -2.44. The molecule has 7 heteroatoms. The van der Waals surface area contributed by atoms with Crippen LogP contribution in [0.5, 0.6) is 0 Å². The van der Waals surface area contributed by atoms with Crippen molar-refractivity contribution in [2.45, 2.75) is 31.3 Å².